The Kier molecular flexibility index (Phi) is 35.8. The molecular formula is C101H135N17O19. The van der Waals surface area contributed by atoms with Crippen molar-refractivity contribution in [1.82, 2.24) is 69.3 Å². The number of aliphatic hydroxyl groups is 2. The van der Waals surface area contributed by atoms with Crippen LogP contribution in [0.1, 0.15) is 185 Å². The molecule has 14 rings (SSSR count). The number of nitrogen functional groups attached to an aromatic ring is 1. The number of carbonyl (C=O) groups is 9. The number of nitrogens with two attached hydrogens (primary N) is 1. The molecule has 7 aromatic rings. The molecule has 1 aromatic carbocycles. The number of anilines is 3. The molecule has 36 heteroatoms. The molecule has 4 saturated heterocycles. The summed E-state index contributed by atoms with van der Waals surface area (Å²) in [7, 11) is 4.47. The van der Waals surface area contributed by atoms with Crippen LogP contribution in [0.4, 0.5) is 17.7 Å². The number of aliphatic hydroxyl groups excluding tert-OH is 1. The average molecular weight is 1890 g/mol. The number of pyridine rings is 1. The number of aliphatic carboxylic acids is 1. The zero-order valence-electron chi connectivity index (χ0n) is 80.9. The Hall–Kier alpha value is -11.5. The number of esters is 2. The number of Topliss-reactive ketones (excluding diaryl/α,β-unsaturated/α-hetero) is 3. The van der Waals surface area contributed by atoms with Crippen molar-refractivity contribution in [2.75, 3.05) is 116 Å². The minimum Gasteiger partial charge on any atom is -0.480 e. The number of piperidine rings is 1. The summed E-state index contributed by atoms with van der Waals surface area (Å²) in [4.78, 5) is 169. The number of piperazine rings is 2. The Bertz CT molecular complexity index is 5500. The third kappa shape index (κ3) is 25.5. The van der Waals surface area contributed by atoms with Gasteiger partial charge in [-0.25, -0.2) is 49.2 Å². The SMILES string of the molecule is CCN1CCN(c2ncc(C(=O)N3CCc4cc(Cn5nc(-c6cnc7[nH]ccc7c6)c6c(N)ncnc65)ccc4C3)cn2)CC1.CCOCCC(=O)N1CCN(c2ncc(CCC(=O)O[C@@H]3CC[C@@H](C[C@@H](C)[C@@H]4CC(=O)[C@H](C)/C=C(\C)[C@@H](O)[C@@H](OC)C(=O)[C@H](C)C[C@H](C)/C=C/C=C/C=C(\C)[C@@H](OC)C[C@@H]5CC[C@@H](C)[C@@](O)(O5)C(=O)C(=O)N5CCCC[C@H]5C(=O)O4)C[C@H]3OC)cn2)C[C@@H]1C(=O)O. The first-order valence-corrected chi connectivity index (χ1v) is 48.3. The number of nitrogens with zero attached hydrogens (tertiary/aromatic N) is 15. The molecule has 0 unspecified atom stereocenters. The third-order valence-corrected chi connectivity index (χ3v) is 28.1. The summed E-state index contributed by atoms with van der Waals surface area (Å²) in [5, 5.41) is 40.3. The van der Waals surface area contributed by atoms with Gasteiger partial charge in [0, 0.05) is 172 Å². The Morgan fingerprint density at radius 2 is 1.50 bits per heavy atom. The van der Waals surface area contributed by atoms with E-state index in [9.17, 15) is 58.5 Å². The van der Waals surface area contributed by atoms with Gasteiger partial charge in [-0.3, -0.25) is 33.6 Å². The van der Waals surface area contributed by atoms with E-state index >= 15 is 0 Å². The number of nitrogens with one attached hydrogen (secondary N) is 1. The molecule has 7 aliphatic rings. The van der Waals surface area contributed by atoms with E-state index < -0.39 is 114 Å². The van der Waals surface area contributed by atoms with Gasteiger partial charge in [-0.05, 0) is 168 Å². The fraction of sp³-hybridized carbons (Fsp3) is 0.574. The number of hydrogen-bond donors (Lipinski definition) is 5. The van der Waals surface area contributed by atoms with Gasteiger partial charge in [0.15, 0.2) is 11.4 Å². The summed E-state index contributed by atoms with van der Waals surface area (Å²) < 4.78 is 43.2. The number of amides is 3. The second kappa shape index (κ2) is 47.7. The topological polar surface area (TPSA) is 448 Å². The molecule has 0 spiro atoms. The lowest BCUT2D eigenvalue weighted by Gasteiger charge is -2.42. The molecule has 6 aliphatic heterocycles. The summed E-state index contributed by atoms with van der Waals surface area (Å²) in [5.74, 6) is -9.27. The minimum atomic E-state index is -2.48. The fourth-order valence-electron chi connectivity index (χ4n) is 19.8. The highest BCUT2D eigenvalue weighted by molar-refractivity contribution is 6.39. The van der Waals surface area contributed by atoms with Crippen molar-refractivity contribution in [2.45, 2.75) is 239 Å². The number of aryl methyl sites for hydroxylation is 1. The summed E-state index contributed by atoms with van der Waals surface area (Å²) in [5.41, 5.74) is 15.2. The molecular weight excluding hydrogens is 1760 g/mol. The quantitative estimate of drug-likeness (QED) is 0.0182. The molecule has 12 heterocycles. The normalized spacial score (nSPS) is 27.8. The van der Waals surface area contributed by atoms with Gasteiger partial charge >= 0.3 is 17.9 Å². The van der Waals surface area contributed by atoms with Gasteiger partial charge in [-0.2, -0.15) is 5.10 Å². The standard InChI is InChI=1S/C68H101N5O18.C33H34N12O/c1-12-88-31-27-58(75)72-30-29-71(40-52(72)65(81)82)67-69-38-49(39-70-67)23-26-59(76)89-54-25-22-48(35-57(54)86-10)34-44(5)56-37-53(74)43(4)33-46(7)61(78)62(87-11)60(77)45(6)32-41(2)18-14-13-15-19-42(3)55(85-9)36-50-24-21-47(8)68(84,91-50)63(79)64(80)73-28-17-16-20-51(73)66(83)90-56;1-2-42-9-11-43(12-10-42)33-37-16-26(17-38-33)32(46)44-8-6-22-13-21(3-4-24(22)19-44)18-45-31-27(29(34)39-20-40-31)28(41-45)25-14-23-5-7-35-30(23)36-15-25/h13-15,18-19,33,38-39,41,43-45,47-48,50-52,54-57,61-62,78,84H,12,16-17,20-32,34-37,40H2,1-11H3,(H,81,82);3-5,7,13-17,20H,2,6,8-12,18-19H2,1H3,(H,35,36)(H2,34,39,40)/b15-13+,18-14+,42-19+,46-33+;/t41-,43-,44-,45-,47-,48+,50+,51+,52-,54-,55+,56+,57-,61-,62+,68-;/m1./s1. The number of ether oxygens (including phenoxy) is 7. The summed E-state index contributed by atoms with van der Waals surface area (Å²) in [6, 6.07) is 8.13. The highest BCUT2D eigenvalue weighted by Crippen LogP contribution is 2.40. The number of methoxy groups -OCH3 is 3. The van der Waals surface area contributed by atoms with Crippen molar-refractivity contribution >= 4 is 92.8 Å². The molecule has 738 valence electrons. The van der Waals surface area contributed by atoms with Crippen LogP contribution < -0.4 is 15.5 Å². The molecule has 2 bridgehead atoms. The second-order valence-corrected chi connectivity index (χ2v) is 37.7. The number of ketones is 3. The van der Waals surface area contributed by atoms with Crippen LogP contribution in [0.3, 0.4) is 0 Å². The van der Waals surface area contributed by atoms with Crippen LogP contribution in [0.15, 0.2) is 121 Å². The van der Waals surface area contributed by atoms with Crippen LogP contribution in [-0.2, 0) is 97.4 Å². The van der Waals surface area contributed by atoms with Crippen LogP contribution in [0.5, 0.6) is 0 Å². The number of aromatic nitrogens is 10. The van der Waals surface area contributed by atoms with Crippen molar-refractivity contribution in [3.63, 3.8) is 0 Å². The lowest BCUT2D eigenvalue weighted by atomic mass is 9.78. The van der Waals surface area contributed by atoms with Gasteiger partial charge < -0.3 is 88.6 Å². The van der Waals surface area contributed by atoms with E-state index in [1.165, 1.54) is 28.8 Å². The number of cyclic esters (lactones) is 1. The molecule has 6 N–H and O–H groups in total. The van der Waals surface area contributed by atoms with Gasteiger partial charge in [0.1, 0.15) is 65.8 Å². The maximum atomic E-state index is 14.7. The van der Waals surface area contributed by atoms with E-state index in [0.717, 1.165) is 72.4 Å². The highest BCUT2D eigenvalue weighted by atomic mass is 16.6. The maximum absolute atomic E-state index is 14.7. The maximum Gasteiger partial charge on any atom is 0.329 e. The van der Waals surface area contributed by atoms with E-state index in [2.05, 4.69) is 74.8 Å². The van der Waals surface area contributed by atoms with E-state index in [4.69, 9.17) is 44.0 Å². The molecule has 1 saturated carbocycles. The molecule has 5 fully saturated rings. The van der Waals surface area contributed by atoms with Crippen LogP contribution in [0.2, 0.25) is 0 Å². The van der Waals surface area contributed by atoms with Crippen molar-refractivity contribution < 1.29 is 91.6 Å². The van der Waals surface area contributed by atoms with Crippen molar-refractivity contribution in [1.29, 1.82) is 0 Å². The Balaban J connectivity index is 0.000000284. The predicted molar refractivity (Wildman–Crippen MR) is 511 cm³/mol. The number of hydrogen-bond acceptors (Lipinski definition) is 30. The number of aromatic amines is 1. The lowest BCUT2D eigenvalue weighted by molar-refractivity contribution is -0.265. The van der Waals surface area contributed by atoms with Gasteiger partial charge in [0.25, 0.3) is 17.6 Å². The molecule has 0 radical (unpaired) electrons. The van der Waals surface area contributed by atoms with Gasteiger partial charge in [0.2, 0.25) is 23.6 Å². The largest absolute Gasteiger partial charge is 0.480 e. The summed E-state index contributed by atoms with van der Waals surface area (Å²) >= 11 is 0. The number of likely N-dealkylation sites (N-methyl/N-ethyl adjacent to an activating group) is 1. The van der Waals surface area contributed by atoms with Crippen molar-refractivity contribution in [3.05, 3.63) is 149 Å². The van der Waals surface area contributed by atoms with Crippen molar-refractivity contribution in [2.24, 2.45) is 35.5 Å². The Labute approximate surface area is 799 Å². The van der Waals surface area contributed by atoms with Crippen LogP contribution >= 0.6 is 0 Å². The van der Waals surface area contributed by atoms with Crippen LogP contribution in [-0.4, -0.2) is 298 Å². The lowest BCUT2D eigenvalue weighted by Crippen LogP contribution is -2.61. The van der Waals surface area contributed by atoms with E-state index in [1.807, 2.05) is 86.0 Å². The highest BCUT2D eigenvalue weighted by Gasteiger charge is 2.54. The zero-order chi connectivity index (χ0) is 97.9. The first kappa shape index (κ1) is 103. The molecule has 137 heavy (non-hydrogen) atoms. The monoisotopic (exact) mass is 1890 g/mol. The summed E-state index contributed by atoms with van der Waals surface area (Å²) in [6.45, 7) is 24.3. The van der Waals surface area contributed by atoms with E-state index in [1.54, 1.807) is 83.9 Å². The third-order valence-electron chi connectivity index (χ3n) is 28.1. The van der Waals surface area contributed by atoms with Gasteiger partial charge in [-0.15, -0.1) is 0 Å². The number of benzene rings is 1. The van der Waals surface area contributed by atoms with E-state index in [0.29, 0.717) is 142 Å². The molecule has 6 aromatic heterocycles. The number of carboxylic acids is 1. The average Bonchev–Trinajstić information content (AvgIpc) is 1.54. The number of allylic oxidation sites excluding steroid dienone is 6. The number of rotatable bonds is 22. The Morgan fingerprint density at radius 3 is 2.23 bits per heavy atom. The molecule has 1 aliphatic carbocycles. The number of H-pyrrole nitrogens is 1. The summed E-state index contributed by atoms with van der Waals surface area (Å²) in [6.07, 6.45) is 22.6. The smallest absolute Gasteiger partial charge is 0.329 e. The second-order valence-electron chi connectivity index (χ2n) is 37.7. The van der Waals surface area contributed by atoms with Crippen LogP contribution in [0, 0.1) is 35.5 Å². The number of carboxylic acid groups (broad SMARTS) is 1. The van der Waals surface area contributed by atoms with Gasteiger partial charge in [-0.1, -0.05) is 96.2 Å². The number of carbonyl (C=O) groups excluding carboxylic acids is 8. The molecule has 3 amide bonds. The van der Waals surface area contributed by atoms with E-state index in [-0.39, 0.29) is 100.0 Å². The number of fused-ring (bicyclic) bond motifs is 6. The van der Waals surface area contributed by atoms with Gasteiger partial charge in [0.05, 0.1) is 55.4 Å². The first-order chi connectivity index (χ1) is 65.9. The zero-order valence-corrected chi connectivity index (χ0v) is 80.9. The van der Waals surface area contributed by atoms with Crippen molar-refractivity contribution in [3.8, 4) is 11.3 Å². The fourth-order valence-corrected chi connectivity index (χ4v) is 19.8. The predicted octanol–water partition coefficient (Wildman–Crippen LogP) is 9.81. The minimum absolute atomic E-state index is 0.00513. The Morgan fingerprint density at radius 1 is 0.745 bits per heavy atom. The molecule has 36 nitrogen and oxygen atoms in total. The molecule has 16 atom stereocenters. The first-order valence-electron chi connectivity index (χ1n) is 48.3. The van der Waals surface area contributed by atoms with Crippen LogP contribution in [0.25, 0.3) is 33.3 Å².